The van der Waals surface area contributed by atoms with Crippen LogP contribution in [0, 0.1) is 0 Å². The van der Waals surface area contributed by atoms with E-state index in [0.717, 1.165) is 25.2 Å². The van der Waals surface area contributed by atoms with Gasteiger partial charge in [-0.3, -0.25) is 4.90 Å². The molecule has 0 N–H and O–H groups in total. The number of fused-ring (bicyclic) bond motifs is 1. The van der Waals surface area contributed by atoms with Gasteiger partial charge in [0.15, 0.2) is 0 Å². The molecule has 0 radical (unpaired) electrons. The molecule has 140 valence electrons. The Morgan fingerprint density at radius 3 is 2.21 bits per heavy atom. The van der Waals surface area contributed by atoms with E-state index in [2.05, 4.69) is 93.3 Å². The van der Waals surface area contributed by atoms with Gasteiger partial charge in [0.1, 0.15) is 0 Å². The third kappa shape index (κ3) is 3.46. The SMILES string of the molecule is c1ccc(-c2ccc(CN3CCC(n4cnc5ccccc54)CC3)cc2)cc1. The number of piperidine rings is 1. The first-order valence-electron chi connectivity index (χ1n) is 10.1. The lowest BCUT2D eigenvalue weighted by molar-refractivity contribution is 0.181. The van der Waals surface area contributed by atoms with Gasteiger partial charge in [0.25, 0.3) is 0 Å². The van der Waals surface area contributed by atoms with Crippen LogP contribution in [0.1, 0.15) is 24.4 Å². The van der Waals surface area contributed by atoms with Gasteiger partial charge in [-0.2, -0.15) is 0 Å². The lowest BCUT2D eigenvalue weighted by atomic mass is 10.0. The van der Waals surface area contributed by atoms with Crippen LogP contribution >= 0.6 is 0 Å². The van der Waals surface area contributed by atoms with E-state index in [-0.39, 0.29) is 0 Å². The predicted octanol–water partition coefficient (Wildman–Crippen LogP) is 5.54. The van der Waals surface area contributed by atoms with Crippen molar-refractivity contribution in [2.45, 2.75) is 25.4 Å². The average Bonchev–Trinajstić information content (AvgIpc) is 3.20. The number of aromatic nitrogens is 2. The fourth-order valence-electron chi connectivity index (χ4n) is 4.32. The van der Waals surface area contributed by atoms with E-state index >= 15 is 0 Å². The van der Waals surface area contributed by atoms with Crippen LogP contribution in [0.5, 0.6) is 0 Å². The van der Waals surface area contributed by atoms with Crippen LogP contribution in [0.25, 0.3) is 22.2 Å². The molecule has 3 aromatic carbocycles. The Labute approximate surface area is 166 Å². The Kier molecular flexibility index (Phi) is 4.67. The number of likely N-dealkylation sites (tertiary alicyclic amines) is 1. The van der Waals surface area contributed by atoms with Gasteiger partial charge in [0, 0.05) is 25.7 Å². The molecule has 0 saturated carbocycles. The summed E-state index contributed by atoms with van der Waals surface area (Å²) in [5, 5.41) is 0. The van der Waals surface area contributed by atoms with Crippen molar-refractivity contribution in [2.24, 2.45) is 0 Å². The zero-order chi connectivity index (χ0) is 18.8. The molecule has 1 aliphatic rings. The van der Waals surface area contributed by atoms with E-state index < -0.39 is 0 Å². The summed E-state index contributed by atoms with van der Waals surface area (Å²) >= 11 is 0. The van der Waals surface area contributed by atoms with Crippen molar-refractivity contribution in [1.29, 1.82) is 0 Å². The minimum atomic E-state index is 0.559. The average molecular weight is 367 g/mol. The van der Waals surface area contributed by atoms with Crippen LogP contribution in [0.4, 0.5) is 0 Å². The quantitative estimate of drug-likeness (QED) is 0.472. The van der Waals surface area contributed by atoms with Gasteiger partial charge in [-0.05, 0) is 41.7 Å². The highest BCUT2D eigenvalue weighted by molar-refractivity contribution is 5.75. The van der Waals surface area contributed by atoms with Crippen molar-refractivity contribution in [3.63, 3.8) is 0 Å². The van der Waals surface area contributed by atoms with Crippen molar-refractivity contribution in [1.82, 2.24) is 14.5 Å². The lowest BCUT2D eigenvalue weighted by Crippen LogP contribution is -2.34. The molecule has 1 saturated heterocycles. The molecule has 5 rings (SSSR count). The first-order valence-corrected chi connectivity index (χ1v) is 10.1. The highest BCUT2D eigenvalue weighted by Crippen LogP contribution is 2.27. The minimum absolute atomic E-state index is 0.559. The smallest absolute Gasteiger partial charge is 0.0960 e. The van der Waals surface area contributed by atoms with Gasteiger partial charge in [-0.25, -0.2) is 4.98 Å². The number of benzene rings is 3. The topological polar surface area (TPSA) is 21.1 Å². The standard InChI is InChI=1S/C25H25N3/c1-2-6-21(7-3-1)22-12-10-20(11-13-22)18-27-16-14-23(15-17-27)28-19-26-24-8-4-5-9-25(24)28/h1-13,19,23H,14-18H2. The monoisotopic (exact) mass is 367 g/mol. The number of hydrogen-bond acceptors (Lipinski definition) is 2. The maximum absolute atomic E-state index is 4.56. The Hall–Kier alpha value is -2.91. The van der Waals surface area contributed by atoms with Crippen molar-refractivity contribution < 1.29 is 0 Å². The molecule has 2 heterocycles. The fourth-order valence-corrected chi connectivity index (χ4v) is 4.32. The molecule has 0 unspecified atom stereocenters. The zero-order valence-corrected chi connectivity index (χ0v) is 16.0. The van der Waals surface area contributed by atoms with Gasteiger partial charge >= 0.3 is 0 Å². The van der Waals surface area contributed by atoms with E-state index in [1.807, 2.05) is 6.33 Å². The molecule has 1 fully saturated rings. The van der Waals surface area contributed by atoms with Crippen LogP contribution in [0.15, 0.2) is 85.2 Å². The first-order chi connectivity index (χ1) is 13.9. The van der Waals surface area contributed by atoms with Crippen molar-refractivity contribution in [3.05, 3.63) is 90.8 Å². The van der Waals surface area contributed by atoms with E-state index in [9.17, 15) is 0 Å². The van der Waals surface area contributed by atoms with Gasteiger partial charge < -0.3 is 4.57 Å². The van der Waals surface area contributed by atoms with E-state index in [1.54, 1.807) is 0 Å². The number of imidazole rings is 1. The maximum Gasteiger partial charge on any atom is 0.0960 e. The molecule has 0 aliphatic carbocycles. The summed E-state index contributed by atoms with van der Waals surface area (Å²) in [6.07, 6.45) is 4.39. The zero-order valence-electron chi connectivity index (χ0n) is 16.0. The summed E-state index contributed by atoms with van der Waals surface area (Å²) in [5.74, 6) is 0. The molecular weight excluding hydrogens is 342 g/mol. The molecule has 0 bridgehead atoms. The van der Waals surface area contributed by atoms with Crippen molar-refractivity contribution >= 4 is 11.0 Å². The molecule has 3 heteroatoms. The van der Waals surface area contributed by atoms with Crippen LogP contribution < -0.4 is 0 Å². The van der Waals surface area contributed by atoms with Crippen LogP contribution in [-0.2, 0) is 6.54 Å². The van der Waals surface area contributed by atoms with E-state index in [1.165, 1.54) is 35.0 Å². The Balaban J connectivity index is 1.22. The second kappa shape index (κ2) is 7.61. The number of hydrogen-bond donors (Lipinski definition) is 0. The number of nitrogens with zero attached hydrogens (tertiary/aromatic N) is 3. The second-order valence-electron chi connectivity index (χ2n) is 7.71. The third-order valence-electron chi connectivity index (χ3n) is 5.90. The molecular formula is C25H25N3. The van der Waals surface area contributed by atoms with E-state index in [0.29, 0.717) is 6.04 Å². The van der Waals surface area contributed by atoms with Crippen LogP contribution in [0.2, 0.25) is 0 Å². The van der Waals surface area contributed by atoms with Gasteiger partial charge in [-0.15, -0.1) is 0 Å². The minimum Gasteiger partial charge on any atom is -0.327 e. The summed E-state index contributed by atoms with van der Waals surface area (Å²) in [6.45, 7) is 3.31. The van der Waals surface area contributed by atoms with Gasteiger partial charge in [0.05, 0.1) is 17.4 Å². The number of rotatable bonds is 4. The number of para-hydroxylation sites is 2. The first kappa shape index (κ1) is 17.2. The van der Waals surface area contributed by atoms with Crippen molar-refractivity contribution in [2.75, 3.05) is 13.1 Å². The summed E-state index contributed by atoms with van der Waals surface area (Å²) in [6, 6.07) is 28.6. The molecule has 1 aliphatic heterocycles. The molecule has 1 aromatic heterocycles. The normalized spacial score (nSPS) is 15.9. The Morgan fingerprint density at radius 2 is 1.43 bits per heavy atom. The van der Waals surface area contributed by atoms with Crippen LogP contribution in [-0.4, -0.2) is 27.5 Å². The Bertz CT molecular complexity index is 1040. The van der Waals surface area contributed by atoms with E-state index in [4.69, 9.17) is 0 Å². The fraction of sp³-hybridized carbons (Fsp3) is 0.240. The molecule has 0 atom stereocenters. The highest BCUT2D eigenvalue weighted by Gasteiger charge is 2.21. The van der Waals surface area contributed by atoms with Gasteiger partial charge in [-0.1, -0.05) is 66.7 Å². The summed E-state index contributed by atoms with van der Waals surface area (Å²) in [5.41, 5.74) is 6.32. The Morgan fingerprint density at radius 1 is 0.750 bits per heavy atom. The largest absolute Gasteiger partial charge is 0.327 e. The second-order valence-corrected chi connectivity index (χ2v) is 7.71. The summed E-state index contributed by atoms with van der Waals surface area (Å²) < 4.78 is 2.38. The van der Waals surface area contributed by atoms with Crippen molar-refractivity contribution in [3.8, 4) is 11.1 Å². The lowest BCUT2D eigenvalue weighted by Gasteiger charge is -2.33. The maximum atomic E-state index is 4.56. The predicted molar refractivity (Wildman–Crippen MR) is 115 cm³/mol. The molecule has 28 heavy (non-hydrogen) atoms. The third-order valence-corrected chi connectivity index (χ3v) is 5.90. The molecule has 3 nitrogen and oxygen atoms in total. The molecule has 0 spiro atoms. The highest BCUT2D eigenvalue weighted by atomic mass is 15.2. The van der Waals surface area contributed by atoms with Gasteiger partial charge in [0.2, 0.25) is 0 Å². The molecule has 0 amide bonds. The summed E-state index contributed by atoms with van der Waals surface area (Å²) in [7, 11) is 0. The molecule has 4 aromatic rings. The van der Waals surface area contributed by atoms with Crippen LogP contribution in [0.3, 0.4) is 0 Å². The summed E-state index contributed by atoms with van der Waals surface area (Å²) in [4.78, 5) is 7.14.